The van der Waals surface area contributed by atoms with Crippen LogP contribution in [0.3, 0.4) is 0 Å². The molecule has 2 heterocycles. The van der Waals surface area contributed by atoms with Gasteiger partial charge in [0.15, 0.2) is 0 Å². The van der Waals surface area contributed by atoms with Gasteiger partial charge in [-0.25, -0.2) is 5.48 Å². The summed E-state index contributed by atoms with van der Waals surface area (Å²) in [4.78, 5) is 116. The highest BCUT2D eigenvalue weighted by molar-refractivity contribution is 5.84. The molecule has 2 fully saturated rings. The van der Waals surface area contributed by atoms with Gasteiger partial charge >= 0.3 is 11.9 Å². The van der Waals surface area contributed by atoms with Gasteiger partial charge in [0, 0.05) is 123 Å². The van der Waals surface area contributed by atoms with Crippen LogP contribution in [0.1, 0.15) is 242 Å². The number of carboxylic acid groups (broad SMARTS) is 2. The molecule has 0 unspecified atom stereocenters. The van der Waals surface area contributed by atoms with Crippen LogP contribution >= 0.6 is 0 Å². The van der Waals surface area contributed by atoms with Gasteiger partial charge in [-0.2, -0.15) is 0 Å². The van der Waals surface area contributed by atoms with Crippen molar-refractivity contribution in [3.05, 3.63) is 0 Å². The van der Waals surface area contributed by atoms with E-state index in [-0.39, 0.29) is 190 Å². The molecule has 592 valence electrons. The van der Waals surface area contributed by atoms with Crippen LogP contribution in [0, 0.1) is 0 Å². The number of nitrogens with zero attached hydrogens (tertiary/aromatic N) is 3. The lowest BCUT2D eigenvalue weighted by atomic mass is 10.1. The van der Waals surface area contributed by atoms with Gasteiger partial charge in [-0.1, -0.05) is 52.0 Å². The first-order valence-electron chi connectivity index (χ1n) is 31.1. The Balaban J connectivity index is -0.0000000871. The molecule has 29 heteroatoms. The number of carbonyl (C=O) groups excluding carboxylic acids is 8. The number of aliphatic hydroxyl groups excluding tert-OH is 2. The quantitative estimate of drug-likeness (QED) is 0.0340. The molecule has 98 heavy (non-hydrogen) atoms. The number of hydrogen-bond donors (Lipinski definition) is 15. The molecule has 2 aliphatic rings. The van der Waals surface area contributed by atoms with Crippen molar-refractivity contribution < 1.29 is 78.3 Å². The minimum absolute atomic E-state index is 0. The maximum atomic E-state index is 11.6. The van der Waals surface area contributed by atoms with E-state index >= 15 is 0 Å². The van der Waals surface area contributed by atoms with Gasteiger partial charge in [-0.15, -0.1) is 0 Å². The Labute approximate surface area is 596 Å². The van der Waals surface area contributed by atoms with Gasteiger partial charge in [0.25, 0.3) is 0 Å². The minimum atomic E-state index is -0.945. The molecule has 0 aromatic carbocycles. The van der Waals surface area contributed by atoms with Gasteiger partial charge in [-0.05, 0) is 159 Å². The van der Waals surface area contributed by atoms with Gasteiger partial charge in [0.1, 0.15) is 0 Å². The van der Waals surface area contributed by atoms with Crippen molar-refractivity contribution in [3.63, 3.8) is 0 Å². The Morgan fingerprint density at radius 1 is 0.408 bits per heavy atom. The predicted octanol–water partition coefficient (Wildman–Crippen LogP) is 5.91. The Morgan fingerprint density at radius 2 is 0.714 bits per heavy atom. The van der Waals surface area contributed by atoms with Crippen molar-refractivity contribution in [2.75, 3.05) is 112 Å². The van der Waals surface area contributed by atoms with Gasteiger partial charge < -0.3 is 73.0 Å². The minimum Gasteiger partial charge on any atom is -0.481 e. The number of rotatable bonds is 22. The molecule has 0 aromatic heterocycles. The fourth-order valence-corrected chi connectivity index (χ4v) is 6.99. The number of nitrogens with one attached hydrogen (secondary N) is 10. The highest BCUT2D eigenvalue weighted by Gasteiger charge is 2.21. The van der Waals surface area contributed by atoms with Crippen LogP contribution < -0.4 is 53.3 Å². The zero-order valence-corrected chi connectivity index (χ0v) is 59.8. The van der Waals surface area contributed by atoms with Crippen molar-refractivity contribution in [1.82, 2.24) is 68.0 Å². The summed E-state index contributed by atoms with van der Waals surface area (Å²) in [5, 5.41) is 67.5. The molecule has 2 saturated heterocycles. The van der Waals surface area contributed by atoms with Crippen LogP contribution in [-0.2, 0) is 52.7 Å². The molecule has 8 amide bonds. The SMILES string of the molecule is C.C.C.C.C.C.C.CC(C)(C)NC(=O)CCC(=O)NO.CC(C)(C)NC(=O)CCC(=O)O.CC(C)(C)NC(=O)CCCC(=O)O.CC(C)(C)NC(=O)CN1CCNCC1.CC(C)(C)NC(=O)CN1CCOCC1.CC(C)(C)NC(=O)CNCCO.CN(CCO)CC(=O)NC(C)(C)C. The van der Waals surface area contributed by atoms with Crippen LogP contribution in [0.5, 0.6) is 0 Å². The van der Waals surface area contributed by atoms with E-state index in [9.17, 15) is 47.9 Å². The molecule has 0 saturated carbocycles. The number of amides is 8. The van der Waals surface area contributed by atoms with E-state index < -0.39 is 17.8 Å². The van der Waals surface area contributed by atoms with Crippen LogP contribution in [0.2, 0.25) is 0 Å². The number of ether oxygens (including phenoxy) is 1. The third-order valence-electron chi connectivity index (χ3n) is 10.2. The molecule has 0 aliphatic carbocycles. The largest absolute Gasteiger partial charge is 0.481 e. The van der Waals surface area contributed by atoms with Crippen LogP contribution in [0.15, 0.2) is 0 Å². The van der Waals surface area contributed by atoms with Crippen LogP contribution in [0.4, 0.5) is 0 Å². The topological polar surface area (TPSA) is 411 Å². The van der Waals surface area contributed by atoms with Crippen LogP contribution in [0.25, 0.3) is 0 Å². The summed E-state index contributed by atoms with van der Waals surface area (Å²) in [5.74, 6) is -2.69. The van der Waals surface area contributed by atoms with E-state index in [0.717, 1.165) is 52.5 Å². The fourth-order valence-electron chi connectivity index (χ4n) is 6.99. The van der Waals surface area contributed by atoms with Crippen molar-refractivity contribution in [2.45, 2.75) is 281 Å². The average molecular weight is 1420 g/mol. The maximum Gasteiger partial charge on any atom is 0.303 e. The molecule has 0 aromatic rings. The molecular formula is C69H155N13O16. The summed E-state index contributed by atoms with van der Waals surface area (Å²) in [5.41, 5.74) is 0.0399. The predicted molar refractivity (Wildman–Crippen MR) is 401 cm³/mol. The summed E-state index contributed by atoms with van der Waals surface area (Å²) in [7, 11) is 1.80. The van der Waals surface area contributed by atoms with E-state index in [1.807, 2.05) is 145 Å². The van der Waals surface area contributed by atoms with E-state index in [4.69, 9.17) is 30.4 Å². The Bertz CT molecular complexity index is 2030. The Morgan fingerprint density at radius 3 is 1.04 bits per heavy atom. The van der Waals surface area contributed by atoms with E-state index in [2.05, 4.69) is 57.7 Å². The molecule has 2 aliphatic heterocycles. The number of aliphatic carboxylic acids is 2. The average Bonchev–Trinajstić information content (AvgIpc) is 1.05. The van der Waals surface area contributed by atoms with Gasteiger partial charge in [0.05, 0.1) is 59.0 Å². The molecule has 15 N–H and O–H groups in total. The maximum absolute atomic E-state index is 11.6. The number of carbonyl (C=O) groups is 10. The Hall–Kier alpha value is -5.66. The van der Waals surface area contributed by atoms with Gasteiger partial charge in [-0.3, -0.25) is 67.9 Å². The smallest absolute Gasteiger partial charge is 0.303 e. The lowest BCUT2D eigenvalue weighted by Crippen LogP contribution is -2.50. The second kappa shape index (κ2) is 62.4. The summed E-state index contributed by atoms with van der Waals surface area (Å²) < 4.78 is 5.21. The van der Waals surface area contributed by atoms with Crippen molar-refractivity contribution in [2.24, 2.45) is 0 Å². The molecule has 2 rings (SSSR count). The van der Waals surface area contributed by atoms with Crippen molar-refractivity contribution >= 4 is 59.2 Å². The zero-order chi connectivity index (χ0) is 72.0. The number of hydroxylamine groups is 1. The van der Waals surface area contributed by atoms with Crippen molar-refractivity contribution in [1.29, 1.82) is 0 Å². The number of likely N-dealkylation sites (N-methyl/N-ethyl adjacent to an activating group) is 1. The standard InChI is InChI=1S/C10H21N3O.C10H20N2O2.C9H20N2O2.C9H17NO3.C8H16N2O3.C8H18N2O2.C8H15NO3.7CH4/c1-10(2,3)12-9(14)8-13-6-4-11-5-7-13;1-10(2,3)11-9(13)8-12-4-6-14-7-5-12;1-9(2,3)10-8(13)7-11(4)5-6-12;1-9(2,3)10-7(11)5-4-6-8(12)13;1-8(2,3)9-6(11)4-5-7(12)10-13;1-8(2,3)10-7(12)6-9-4-5-11;1-8(2,3)9-6(10)4-5-7(11)12;;;;;;;/h11H,4-8H2,1-3H3,(H,12,14);4-8H2,1-3H3,(H,11,13);12H,5-7H2,1-4H3,(H,10,13);4-6H2,1-3H3,(H,10,11)(H,12,13);13H,4-5H2,1-3H3,(H,9,11)(H,10,12);9,11H,4-6H2,1-3H3,(H,10,12);4-5H2,1-3H3,(H,9,10)(H,11,12);7*1H4. The number of hydrogen-bond acceptors (Lipinski definition) is 19. The second-order valence-corrected chi connectivity index (χ2v) is 29.0. The van der Waals surface area contributed by atoms with E-state index in [1.165, 1.54) is 5.48 Å². The van der Waals surface area contributed by atoms with E-state index in [0.29, 0.717) is 39.1 Å². The zero-order valence-electron chi connectivity index (χ0n) is 59.8. The number of aliphatic hydroxyl groups is 2. The molecule has 0 spiro atoms. The Kier molecular flexibility index (Phi) is 75.9. The summed E-state index contributed by atoms with van der Waals surface area (Å²) in [6.07, 6.45) is 0.759. The molecule has 0 atom stereocenters. The normalized spacial score (nSPS) is 12.7. The lowest BCUT2D eigenvalue weighted by molar-refractivity contribution is -0.139. The molecular weight excluding hydrogens is 1270 g/mol. The van der Waals surface area contributed by atoms with E-state index in [1.54, 1.807) is 11.9 Å². The first-order chi connectivity index (χ1) is 41.2. The number of piperazine rings is 1. The monoisotopic (exact) mass is 1420 g/mol. The summed E-state index contributed by atoms with van der Waals surface area (Å²) in [6, 6.07) is 0. The highest BCUT2D eigenvalue weighted by atomic mass is 16.5. The van der Waals surface area contributed by atoms with Gasteiger partial charge in [0.2, 0.25) is 47.3 Å². The first kappa shape index (κ1) is 119. The fraction of sp³-hybridized carbons (Fsp3) is 0.855. The molecule has 0 bridgehead atoms. The third-order valence-corrected chi connectivity index (χ3v) is 10.2. The van der Waals surface area contributed by atoms with Crippen molar-refractivity contribution in [3.8, 4) is 0 Å². The molecule has 0 radical (unpaired) electrons. The van der Waals surface area contributed by atoms with Crippen LogP contribution in [-0.4, -0.2) is 250 Å². The first-order valence-corrected chi connectivity index (χ1v) is 31.1. The third kappa shape index (κ3) is 104. The lowest BCUT2D eigenvalue weighted by Gasteiger charge is -2.28. The number of morpholine rings is 1. The second-order valence-electron chi connectivity index (χ2n) is 29.0. The summed E-state index contributed by atoms with van der Waals surface area (Å²) >= 11 is 0. The highest BCUT2D eigenvalue weighted by Crippen LogP contribution is 2.06. The molecule has 29 nitrogen and oxygen atoms in total. The number of carboxylic acids is 2. The summed E-state index contributed by atoms with van der Waals surface area (Å²) in [6.45, 7) is 50.2.